The second-order valence-corrected chi connectivity index (χ2v) is 4.38. The molecule has 0 amide bonds. The number of phenols is 1. The van der Waals surface area contributed by atoms with Gasteiger partial charge >= 0.3 is 5.97 Å². The van der Waals surface area contributed by atoms with Crippen LogP contribution in [0.1, 0.15) is 31.2 Å². The number of aliphatic carboxylic acids is 1. The first-order chi connectivity index (χ1) is 7.97. The Morgan fingerprint density at radius 1 is 1.18 bits per heavy atom. The van der Waals surface area contributed by atoms with Gasteiger partial charge in [-0.25, -0.2) is 8.78 Å². The summed E-state index contributed by atoms with van der Waals surface area (Å²) >= 11 is 0. The molecule has 0 saturated heterocycles. The van der Waals surface area contributed by atoms with Crippen molar-refractivity contribution in [2.45, 2.75) is 31.1 Å². The van der Waals surface area contributed by atoms with Gasteiger partial charge in [0.1, 0.15) is 0 Å². The van der Waals surface area contributed by atoms with Crippen LogP contribution in [-0.2, 0) is 10.2 Å². The maximum absolute atomic E-state index is 13.2. The third-order valence-electron chi connectivity index (χ3n) is 3.44. The molecular formula is C12H12F2O3. The first-order valence-electron chi connectivity index (χ1n) is 5.39. The van der Waals surface area contributed by atoms with Crippen LogP contribution in [0.2, 0.25) is 0 Å². The molecule has 92 valence electrons. The molecule has 2 N–H and O–H groups in total. The van der Waals surface area contributed by atoms with Crippen LogP contribution in [0, 0.1) is 11.6 Å². The molecule has 0 unspecified atom stereocenters. The summed E-state index contributed by atoms with van der Waals surface area (Å²) in [6.45, 7) is 0. The SMILES string of the molecule is O=C(O)C1(c2cc(F)c(O)c(F)c2)CCCC1. The summed E-state index contributed by atoms with van der Waals surface area (Å²) in [7, 11) is 0. The predicted octanol–water partition coefficient (Wildman–Crippen LogP) is 2.57. The topological polar surface area (TPSA) is 57.5 Å². The number of halogens is 2. The van der Waals surface area contributed by atoms with Gasteiger partial charge in [-0.1, -0.05) is 12.8 Å². The van der Waals surface area contributed by atoms with Gasteiger partial charge < -0.3 is 10.2 Å². The van der Waals surface area contributed by atoms with Crippen LogP contribution in [0.4, 0.5) is 8.78 Å². The molecule has 5 heteroatoms. The van der Waals surface area contributed by atoms with E-state index < -0.39 is 28.8 Å². The first kappa shape index (κ1) is 11.8. The number of benzene rings is 1. The van der Waals surface area contributed by atoms with E-state index in [-0.39, 0.29) is 5.56 Å². The van der Waals surface area contributed by atoms with Crippen LogP contribution in [0.3, 0.4) is 0 Å². The molecule has 1 aromatic rings. The molecule has 0 atom stereocenters. The van der Waals surface area contributed by atoms with Crippen molar-refractivity contribution in [3.8, 4) is 5.75 Å². The fourth-order valence-corrected chi connectivity index (χ4v) is 2.45. The molecule has 3 nitrogen and oxygen atoms in total. The second-order valence-electron chi connectivity index (χ2n) is 4.38. The Bertz CT molecular complexity index is 442. The van der Waals surface area contributed by atoms with E-state index in [0.717, 1.165) is 25.0 Å². The summed E-state index contributed by atoms with van der Waals surface area (Å²) in [6, 6.07) is 1.83. The Hall–Kier alpha value is -1.65. The molecular weight excluding hydrogens is 230 g/mol. The lowest BCUT2D eigenvalue weighted by Crippen LogP contribution is -2.32. The molecule has 1 aliphatic rings. The van der Waals surface area contributed by atoms with Crippen LogP contribution in [0.15, 0.2) is 12.1 Å². The van der Waals surface area contributed by atoms with Gasteiger partial charge in [0.2, 0.25) is 0 Å². The number of aromatic hydroxyl groups is 1. The lowest BCUT2D eigenvalue weighted by Gasteiger charge is -2.24. The van der Waals surface area contributed by atoms with Crippen molar-refractivity contribution < 1.29 is 23.8 Å². The van der Waals surface area contributed by atoms with Crippen molar-refractivity contribution in [2.24, 2.45) is 0 Å². The van der Waals surface area contributed by atoms with Crippen LogP contribution in [-0.4, -0.2) is 16.2 Å². The van der Waals surface area contributed by atoms with Gasteiger partial charge in [-0.15, -0.1) is 0 Å². The summed E-state index contributed by atoms with van der Waals surface area (Å²) in [5.74, 6) is -4.37. The molecule has 0 aromatic heterocycles. The van der Waals surface area contributed by atoms with Crippen molar-refractivity contribution in [3.63, 3.8) is 0 Å². The van der Waals surface area contributed by atoms with E-state index in [0.29, 0.717) is 12.8 Å². The number of carboxylic acids is 1. The Labute approximate surface area is 96.7 Å². The highest BCUT2D eigenvalue weighted by Gasteiger charge is 2.43. The minimum atomic E-state index is -1.21. The molecule has 1 aromatic carbocycles. The molecule has 2 rings (SSSR count). The summed E-state index contributed by atoms with van der Waals surface area (Å²) in [6.07, 6.45) is 2.17. The monoisotopic (exact) mass is 242 g/mol. The molecule has 0 radical (unpaired) electrons. The Balaban J connectivity index is 2.55. The number of rotatable bonds is 2. The summed E-state index contributed by atoms with van der Waals surface area (Å²) in [4.78, 5) is 11.3. The van der Waals surface area contributed by atoms with E-state index in [4.69, 9.17) is 5.11 Å². The standard InChI is InChI=1S/C12H12F2O3/c13-8-5-7(6-9(14)10(8)15)12(11(16)17)3-1-2-4-12/h5-6,15H,1-4H2,(H,16,17). The maximum atomic E-state index is 13.2. The molecule has 1 saturated carbocycles. The minimum Gasteiger partial charge on any atom is -0.503 e. The molecule has 1 aliphatic carbocycles. The van der Waals surface area contributed by atoms with E-state index >= 15 is 0 Å². The van der Waals surface area contributed by atoms with Crippen LogP contribution < -0.4 is 0 Å². The smallest absolute Gasteiger partial charge is 0.314 e. The molecule has 1 fully saturated rings. The van der Waals surface area contributed by atoms with Crippen LogP contribution in [0.25, 0.3) is 0 Å². The molecule has 17 heavy (non-hydrogen) atoms. The van der Waals surface area contributed by atoms with Crippen LogP contribution in [0.5, 0.6) is 5.75 Å². The zero-order valence-corrected chi connectivity index (χ0v) is 9.04. The molecule has 0 spiro atoms. The van der Waals surface area contributed by atoms with E-state index in [9.17, 15) is 18.7 Å². The number of hydrogen-bond donors (Lipinski definition) is 2. The van der Waals surface area contributed by atoms with E-state index in [1.807, 2.05) is 0 Å². The van der Waals surface area contributed by atoms with E-state index in [1.54, 1.807) is 0 Å². The number of carboxylic acid groups (broad SMARTS) is 1. The molecule has 0 aliphatic heterocycles. The minimum absolute atomic E-state index is 0.0929. The molecule has 0 bridgehead atoms. The van der Waals surface area contributed by atoms with Gasteiger partial charge in [-0.05, 0) is 30.5 Å². The second kappa shape index (κ2) is 3.98. The quantitative estimate of drug-likeness (QED) is 0.837. The summed E-state index contributed by atoms with van der Waals surface area (Å²) < 4.78 is 26.5. The van der Waals surface area contributed by atoms with Gasteiger partial charge in [-0.3, -0.25) is 4.79 Å². The van der Waals surface area contributed by atoms with Crippen LogP contribution >= 0.6 is 0 Å². The fraction of sp³-hybridized carbons (Fsp3) is 0.417. The average Bonchev–Trinajstić information content (AvgIpc) is 2.75. The van der Waals surface area contributed by atoms with Gasteiger partial charge in [0, 0.05) is 0 Å². The highest BCUT2D eigenvalue weighted by atomic mass is 19.1. The maximum Gasteiger partial charge on any atom is 0.314 e. The Morgan fingerprint density at radius 3 is 2.06 bits per heavy atom. The van der Waals surface area contributed by atoms with E-state index in [2.05, 4.69) is 0 Å². The summed E-state index contributed by atoms with van der Waals surface area (Å²) in [5, 5.41) is 18.3. The van der Waals surface area contributed by atoms with Crippen molar-refractivity contribution in [1.82, 2.24) is 0 Å². The largest absolute Gasteiger partial charge is 0.503 e. The lowest BCUT2D eigenvalue weighted by molar-refractivity contribution is -0.143. The van der Waals surface area contributed by atoms with Crippen molar-refractivity contribution >= 4 is 5.97 Å². The first-order valence-corrected chi connectivity index (χ1v) is 5.39. The fourth-order valence-electron chi connectivity index (χ4n) is 2.45. The average molecular weight is 242 g/mol. The molecule has 0 heterocycles. The zero-order valence-electron chi connectivity index (χ0n) is 9.04. The third kappa shape index (κ3) is 1.75. The zero-order chi connectivity index (χ0) is 12.6. The Morgan fingerprint density at radius 2 is 1.65 bits per heavy atom. The van der Waals surface area contributed by atoms with Gasteiger partial charge in [0.15, 0.2) is 17.4 Å². The number of carbonyl (C=O) groups is 1. The normalized spacial score (nSPS) is 18.2. The third-order valence-corrected chi connectivity index (χ3v) is 3.44. The Kier molecular flexibility index (Phi) is 2.77. The predicted molar refractivity (Wildman–Crippen MR) is 55.8 cm³/mol. The van der Waals surface area contributed by atoms with E-state index in [1.165, 1.54) is 0 Å². The number of hydrogen-bond acceptors (Lipinski definition) is 2. The van der Waals surface area contributed by atoms with Crippen molar-refractivity contribution in [2.75, 3.05) is 0 Å². The number of phenolic OH excluding ortho intramolecular Hbond substituents is 1. The van der Waals surface area contributed by atoms with Gasteiger partial charge in [0.05, 0.1) is 5.41 Å². The lowest BCUT2D eigenvalue weighted by atomic mass is 9.79. The summed E-state index contributed by atoms with van der Waals surface area (Å²) in [5.41, 5.74) is -1.12. The van der Waals surface area contributed by atoms with Crippen molar-refractivity contribution in [1.29, 1.82) is 0 Å². The van der Waals surface area contributed by atoms with Crippen molar-refractivity contribution in [3.05, 3.63) is 29.3 Å². The highest BCUT2D eigenvalue weighted by Crippen LogP contribution is 2.42. The van der Waals surface area contributed by atoms with Gasteiger partial charge in [-0.2, -0.15) is 0 Å². The van der Waals surface area contributed by atoms with Gasteiger partial charge in [0.25, 0.3) is 0 Å². The highest BCUT2D eigenvalue weighted by molar-refractivity contribution is 5.81.